The summed E-state index contributed by atoms with van der Waals surface area (Å²) in [4.78, 5) is 37.0. The lowest BCUT2D eigenvalue weighted by Crippen LogP contribution is -2.28. The van der Waals surface area contributed by atoms with Crippen molar-refractivity contribution in [3.8, 4) is 5.75 Å². The molecule has 3 amide bonds. The fourth-order valence-electron chi connectivity index (χ4n) is 2.70. The zero-order chi connectivity index (χ0) is 20.5. The number of benzene rings is 2. The highest BCUT2D eigenvalue weighted by Gasteiger charge is 2.33. The first-order valence-corrected chi connectivity index (χ1v) is 8.23. The Balaban J connectivity index is 1.56. The molecule has 28 heavy (non-hydrogen) atoms. The lowest BCUT2D eigenvalue weighted by Gasteiger charge is -2.11. The van der Waals surface area contributed by atoms with Crippen LogP contribution in [0.2, 0.25) is 0 Å². The van der Waals surface area contributed by atoms with E-state index < -0.39 is 29.5 Å². The lowest BCUT2D eigenvalue weighted by atomic mass is 10.1. The molecule has 0 saturated heterocycles. The average Bonchev–Trinajstić information content (AvgIpc) is 2.88. The van der Waals surface area contributed by atoms with Crippen LogP contribution in [0, 0.1) is 0 Å². The number of imide groups is 1. The molecule has 2 aromatic carbocycles. The first-order chi connectivity index (χ1) is 13.2. The maximum absolute atomic E-state index is 12.7. The molecule has 2 aromatic rings. The van der Waals surface area contributed by atoms with Crippen LogP contribution in [-0.4, -0.2) is 42.8 Å². The van der Waals surface area contributed by atoms with Gasteiger partial charge < -0.3 is 10.1 Å². The fourth-order valence-corrected chi connectivity index (χ4v) is 2.70. The lowest BCUT2D eigenvalue weighted by molar-refractivity contribution is -0.137. The van der Waals surface area contributed by atoms with Gasteiger partial charge in [0, 0.05) is 12.6 Å². The minimum Gasteiger partial charge on any atom is -0.492 e. The number of carbonyl (C=O) groups excluding carboxylic acids is 3. The quantitative estimate of drug-likeness (QED) is 0.627. The van der Waals surface area contributed by atoms with E-state index in [1.165, 1.54) is 37.4 Å². The van der Waals surface area contributed by atoms with Gasteiger partial charge in [-0.25, -0.2) is 0 Å². The SMILES string of the molecule is CN1C(=O)c2ccc(C(=O)NCCOc3cccc(C(F)(F)F)c3)cc2C1=O. The van der Waals surface area contributed by atoms with Crippen LogP contribution in [0.3, 0.4) is 0 Å². The number of carbonyl (C=O) groups is 3. The highest BCUT2D eigenvalue weighted by Crippen LogP contribution is 2.31. The number of hydrogen-bond donors (Lipinski definition) is 1. The van der Waals surface area contributed by atoms with Gasteiger partial charge in [0.1, 0.15) is 12.4 Å². The number of nitrogens with one attached hydrogen (secondary N) is 1. The second-order valence-electron chi connectivity index (χ2n) is 6.06. The van der Waals surface area contributed by atoms with E-state index in [0.29, 0.717) is 0 Å². The van der Waals surface area contributed by atoms with Gasteiger partial charge in [-0.2, -0.15) is 13.2 Å². The summed E-state index contributed by atoms with van der Waals surface area (Å²) in [5, 5.41) is 2.55. The Morgan fingerprint density at radius 2 is 1.79 bits per heavy atom. The van der Waals surface area contributed by atoms with Crippen molar-refractivity contribution in [3.63, 3.8) is 0 Å². The zero-order valence-corrected chi connectivity index (χ0v) is 14.7. The maximum atomic E-state index is 12.7. The third kappa shape index (κ3) is 3.83. The summed E-state index contributed by atoms with van der Waals surface area (Å²) in [5.41, 5.74) is -0.247. The van der Waals surface area contributed by atoms with Crippen LogP contribution in [0.25, 0.3) is 0 Å². The van der Waals surface area contributed by atoms with Crippen LogP contribution in [0.15, 0.2) is 42.5 Å². The highest BCUT2D eigenvalue weighted by atomic mass is 19.4. The van der Waals surface area contributed by atoms with Crippen LogP contribution in [-0.2, 0) is 6.18 Å². The first-order valence-electron chi connectivity index (χ1n) is 8.23. The van der Waals surface area contributed by atoms with Crippen molar-refractivity contribution in [1.29, 1.82) is 0 Å². The van der Waals surface area contributed by atoms with Crippen molar-refractivity contribution in [2.24, 2.45) is 0 Å². The van der Waals surface area contributed by atoms with E-state index in [4.69, 9.17) is 4.74 Å². The second kappa shape index (κ2) is 7.34. The number of ether oxygens (including phenoxy) is 1. The molecule has 3 rings (SSSR count). The standard InChI is InChI=1S/C19H15F3N2O4/c1-24-17(26)14-6-5-11(9-15(14)18(24)27)16(25)23-7-8-28-13-4-2-3-12(10-13)19(20,21)22/h2-6,9-10H,7-8H2,1H3,(H,23,25). The molecule has 0 saturated carbocycles. The summed E-state index contributed by atoms with van der Waals surface area (Å²) in [6.45, 7) is -0.00289. The number of rotatable bonds is 5. The maximum Gasteiger partial charge on any atom is 0.416 e. The van der Waals surface area contributed by atoms with Gasteiger partial charge in [-0.3, -0.25) is 19.3 Å². The van der Waals surface area contributed by atoms with E-state index in [1.54, 1.807) is 0 Å². The predicted molar refractivity (Wildman–Crippen MR) is 92.1 cm³/mol. The molecule has 1 heterocycles. The third-order valence-electron chi connectivity index (χ3n) is 4.17. The molecule has 1 N–H and O–H groups in total. The van der Waals surface area contributed by atoms with Gasteiger partial charge in [0.25, 0.3) is 17.7 Å². The van der Waals surface area contributed by atoms with Crippen LogP contribution in [0.5, 0.6) is 5.75 Å². The van der Waals surface area contributed by atoms with E-state index >= 15 is 0 Å². The molecule has 0 atom stereocenters. The monoisotopic (exact) mass is 392 g/mol. The summed E-state index contributed by atoms with van der Waals surface area (Å²) in [6.07, 6.45) is -4.46. The Morgan fingerprint density at radius 1 is 1.07 bits per heavy atom. The summed E-state index contributed by atoms with van der Waals surface area (Å²) >= 11 is 0. The van der Waals surface area contributed by atoms with Crippen molar-refractivity contribution in [3.05, 3.63) is 64.7 Å². The van der Waals surface area contributed by atoms with Gasteiger partial charge in [0.2, 0.25) is 0 Å². The van der Waals surface area contributed by atoms with Crippen molar-refractivity contribution < 1.29 is 32.3 Å². The number of hydrogen-bond acceptors (Lipinski definition) is 4. The summed E-state index contributed by atoms with van der Waals surface area (Å²) in [7, 11) is 1.36. The molecule has 0 fully saturated rings. The molecule has 9 heteroatoms. The molecule has 146 valence electrons. The van der Waals surface area contributed by atoms with E-state index in [-0.39, 0.29) is 35.6 Å². The molecule has 0 unspecified atom stereocenters. The predicted octanol–water partition coefficient (Wildman–Crippen LogP) is 2.74. The minimum absolute atomic E-state index is 0.0359. The van der Waals surface area contributed by atoms with Gasteiger partial charge in [-0.15, -0.1) is 0 Å². The highest BCUT2D eigenvalue weighted by molar-refractivity contribution is 6.21. The minimum atomic E-state index is -4.46. The Labute approximate surface area is 157 Å². The van der Waals surface area contributed by atoms with Crippen molar-refractivity contribution in [2.45, 2.75) is 6.18 Å². The molecule has 6 nitrogen and oxygen atoms in total. The summed E-state index contributed by atoms with van der Waals surface area (Å²) in [5.74, 6) is -1.37. The zero-order valence-electron chi connectivity index (χ0n) is 14.7. The van der Waals surface area contributed by atoms with E-state index in [9.17, 15) is 27.6 Å². The van der Waals surface area contributed by atoms with Gasteiger partial charge in [0.15, 0.2) is 0 Å². The van der Waals surface area contributed by atoms with Gasteiger partial charge in [-0.05, 0) is 36.4 Å². The van der Waals surface area contributed by atoms with E-state index in [1.807, 2.05) is 0 Å². The molecule has 0 aliphatic carbocycles. The smallest absolute Gasteiger partial charge is 0.416 e. The molecule has 0 spiro atoms. The summed E-state index contributed by atoms with van der Waals surface area (Å²) < 4.78 is 43.2. The average molecular weight is 392 g/mol. The molecule has 0 radical (unpaired) electrons. The van der Waals surface area contributed by atoms with Crippen LogP contribution in [0.1, 0.15) is 36.6 Å². The molecule has 0 aromatic heterocycles. The fraction of sp³-hybridized carbons (Fsp3) is 0.211. The van der Waals surface area contributed by atoms with Crippen molar-refractivity contribution in [2.75, 3.05) is 20.2 Å². The third-order valence-corrected chi connectivity index (χ3v) is 4.17. The number of alkyl halides is 3. The van der Waals surface area contributed by atoms with Crippen LogP contribution in [0.4, 0.5) is 13.2 Å². The van der Waals surface area contributed by atoms with Crippen molar-refractivity contribution >= 4 is 17.7 Å². The second-order valence-corrected chi connectivity index (χ2v) is 6.06. The molecular formula is C19H15F3N2O4. The molecule has 1 aliphatic rings. The van der Waals surface area contributed by atoms with E-state index in [0.717, 1.165) is 17.0 Å². The van der Waals surface area contributed by atoms with Crippen LogP contribution < -0.4 is 10.1 Å². The number of fused-ring (bicyclic) bond motifs is 1. The van der Waals surface area contributed by atoms with Gasteiger partial charge in [-0.1, -0.05) is 6.07 Å². The van der Waals surface area contributed by atoms with Crippen LogP contribution >= 0.6 is 0 Å². The molecule has 0 bridgehead atoms. The first kappa shape index (κ1) is 19.4. The number of halogens is 3. The summed E-state index contributed by atoms with van der Waals surface area (Å²) in [6, 6.07) is 8.60. The Bertz CT molecular complexity index is 956. The van der Waals surface area contributed by atoms with Gasteiger partial charge >= 0.3 is 6.18 Å². The normalized spacial score (nSPS) is 13.5. The van der Waals surface area contributed by atoms with Gasteiger partial charge in [0.05, 0.1) is 23.2 Å². The topological polar surface area (TPSA) is 75.7 Å². The largest absolute Gasteiger partial charge is 0.492 e. The Hall–Kier alpha value is -3.36. The Kier molecular flexibility index (Phi) is 5.08. The number of nitrogens with zero attached hydrogens (tertiary/aromatic N) is 1. The van der Waals surface area contributed by atoms with E-state index in [2.05, 4.69) is 5.32 Å². The molecule has 1 aliphatic heterocycles. The molecular weight excluding hydrogens is 377 g/mol. The number of amides is 3. The Morgan fingerprint density at radius 3 is 2.50 bits per heavy atom. The van der Waals surface area contributed by atoms with Crippen molar-refractivity contribution in [1.82, 2.24) is 10.2 Å².